The number of piperidine rings is 2. The average molecular weight is 1040 g/mol. The summed E-state index contributed by atoms with van der Waals surface area (Å²) in [6.07, 6.45) is 16.4. The van der Waals surface area contributed by atoms with Crippen LogP contribution in [0.4, 0.5) is 20.3 Å². The number of hydrogen-bond donors (Lipinski definition) is 3. The fraction of sp³-hybridized carbons (Fsp3) is 0.509. The van der Waals surface area contributed by atoms with Gasteiger partial charge in [-0.25, -0.2) is 13.6 Å². The van der Waals surface area contributed by atoms with E-state index in [1.807, 2.05) is 6.07 Å². The number of carbonyl (C=O) groups excluding carboxylic acids is 2. The molecular weight excluding hydrogens is 971 g/mol. The van der Waals surface area contributed by atoms with E-state index in [1.165, 1.54) is 28.8 Å². The van der Waals surface area contributed by atoms with E-state index < -0.39 is 23.6 Å². The van der Waals surface area contributed by atoms with Gasteiger partial charge in [0.2, 0.25) is 11.8 Å². The van der Waals surface area contributed by atoms with Gasteiger partial charge in [-0.3, -0.25) is 38.8 Å². The van der Waals surface area contributed by atoms with Crippen LogP contribution in [0.25, 0.3) is 44.0 Å². The highest BCUT2D eigenvalue weighted by Gasteiger charge is 2.50. The molecule has 6 aromatic rings. The Morgan fingerprint density at radius 3 is 2.39 bits per heavy atom. The summed E-state index contributed by atoms with van der Waals surface area (Å²) < 4.78 is 42.3. The first kappa shape index (κ1) is 48.9. The number of imidazole rings is 1. The van der Waals surface area contributed by atoms with Crippen LogP contribution in [0.2, 0.25) is 0 Å². The van der Waals surface area contributed by atoms with Crippen molar-refractivity contribution in [2.45, 2.75) is 93.9 Å². The predicted molar refractivity (Wildman–Crippen MR) is 286 cm³/mol. The number of pyridine rings is 1. The number of rotatable bonds is 11. The van der Waals surface area contributed by atoms with Crippen molar-refractivity contribution in [3.63, 3.8) is 0 Å². The molecule has 7 fully saturated rings. The number of nitrogens with zero attached hydrogens (tertiary/aromatic N) is 10. The van der Waals surface area contributed by atoms with Crippen molar-refractivity contribution in [3.05, 3.63) is 76.3 Å². The molecule has 3 unspecified atom stereocenters. The van der Waals surface area contributed by atoms with Crippen LogP contribution in [0.3, 0.4) is 0 Å². The highest BCUT2D eigenvalue weighted by Crippen LogP contribution is 2.44. The van der Waals surface area contributed by atoms with E-state index in [0.717, 1.165) is 121 Å². The molecule has 7 aliphatic heterocycles. The second-order valence-corrected chi connectivity index (χ2v) is 22.6. The maximum atomic E-state index is 17.3. The minimum atomic E-state index is -0.723. The molecule has 0 spiro atoms. The molecule has 2 bridgehead atoms. The zero-order valence-electron chi connectivity index (χ0n) is 42.9. The Kier molecular flexibility index (Phi) is 12.5. The molecule has 76 heavy (non-hydrogen) atoms. The highest BCUT2D eigenvalue weighted by molar-refractivity contribution is 6.03. The van der Waals surface area contributed by atoms with Crippen LogP contribution in [0, 0.1) is 29.9 Å². The van der Waals surface area contributed by atoms with Gasteiger partial charge >= 0.3 is 11.7 Å². The smallest absolute Gasteiger partial charge is 0.329 e. The Morgan fingerprint density at radius 2 is 1.63 bits per heavy atom. The SMILES string of the molecule is C#Cc1c(F)ccc2cc(O)cc(-c3ncc4c(N5CC6CCC(C5)N6)nc(OC[C@]56CCCN5[C@H](CN5CCN(CC7CCN(c8ccc9c(c8)n(C)c(=O)n9C8CCC(=O)NC8=O)CC7)CC5)CC6)nc4c3F)c12. The number of nitrogens with one attached hydrogen (secondary N) is 2. The standard InChI is InChI=1S/C57H64F2N12O5/c1-3-41-44(58)9-5-35-25-40(72)27-42(49(35)41)51-50(59)52-43(28-60-51)53(69-30-36-6-7-37(31-69)61-36)64-55(63-52)76-33-57-16-4-18-70(57)39(13-17-57)32-67-23-21-66(22-24-67)29-34-14-19-68(20-15-34)38-8-10-45-47(26-38)65(2)56(75)71(45)46-11-12-48(73)62-54(46)74/h1,5,8-10,25-28,34,36-37,39,46,61,72H,4,6-7,11-24,29-33H2,2H3,(H,62,73,74)/t36?,37?,39-,46?,57+/m0/s1. The zero-order valence-corrected chi connectivity index (χ0v) is 42.9. The molecule has 3 aromatic heterocycles. The fourth-order valence-electron chi connectivity index (χ4n) is 14.2. The third-order valence-corrected chi connectivity index (χ3v) is 18.1. The van der Waals surface area contributed by atoms with E-state index in [9.17, 15) is 19.5 Å². The van der Waals surface area contributed by atoms with E-state index in [4.69, 9.17) is 21.1 Å². The molecule has 0 saturated carbocycles. The fourth-order valence-corrected chi connectivity index (χ4v) is 14.2. The topological polar surface area (TPSA) is 169 Å². The normalized spacial score (nSPS) is 25.8. The largest absolute Gasteiger partial charge is 0.508 e. The number of hydrogen-bond acceptors (Lipinski definition) is 14. The van der Waals surface area contributed by atoms with Gasteiger partial charge in [-0.15, -0.1) is 6.42 Å². The molecule has 13 rings (SSSR count). The van der Waals surface area contributed by atoms with Gasteiger partial charge in [-0.05, 0) is 112 Å². The maximum Gasteiger partial charge on any atom is 0.329 e. The Hall–Kier alpha value is -6.72. The van der Waals surface area contributed by atoms with Gasteiger partial charge in [0.1, 0.15) is 41.2 Å². The lowest BCUT2D eigenvalue weighted by Crippen LogP contribution is -2.53. The second-order valence-electron chi connectivity index (χ2n) is 22.6. The molecule has 0 radical (unpaired) electrons. The molecule has 2 amide bonds. The number of fused-ring (bicyclic) bond motifs is 6. The molecule has 3 aromatic carbocycles. The summed E-state index contributed by atoms with van der Waals surface area (Å²) in [6, 6.07) is 12.1. The molecule has 19 heteroatoms. The van der Waals surface area contributed by atoms with Crippen LogP contribution in [-0.2, 0) is 16.6 Å². The summed E-state index contributed by atoms with van der Waals surface area (Å²) >= 11 is 0. The number of phenols is 1. The Labute approximate surface area is 439 Å². The lowest BCUT2D eigenvalue weighted by molar-refractivity contribution is -0.135. The molecule has 10 heterocycles. The van der Waals surface area contributed by atoms with Crippen LogP contribution in [0.1, 0.15) is 75.8 Å². The Balaban J connectivity index is 0.655. The van der Waals surface area contributed by atoms with Crippen molar-refractivity contribution in [2.24, 2.45) is 13.0 Å². The number of imide groups is 1. The van der Waals surface area contributed by atoms with Gasteiger partial charge in [-0.1, -0.05) is 12.0 Å². The first-order chi connectivity index (χ1) is 36.9. The molecule has 396 valence electrons. The van der Waals surface area contributed by atoms with Crippen molar-refractivity contribution >= 4 is 56.0 Å². The van der Waals surface area contributed by atoms with Gasteiger partial charge in [0.15, 0.2) is 5.82 Å². The van der Waals surface area contributed by atoms with E-state index in [0.29, 0.717) is 72.3 Å². The lowest BCUT2D eigenvalue weighted by atomic mass is 9.95. The maximum absolute atomic E-state index is 17.3. The van der Waals surface area contributed by atoms with Crippen LogP contribution >= 0.6 is 0 Å². The van der Waals surface area contributed by atoms with E-state index in [1.54, 1.807) is 17.8 Å². The van der Waals surface area contributed by atoms with Crippen LogP contribution in [-0.4, -0.2) is 158 Å². The number of phenolic OH excluding ortho intramolecular Hbond substituents is 1. The minimum Gasteiger partial charge on any atom is -0.508 e. The number of aromatic hydroxyl groups is 1. The molecule has 7 aliphatic rings. The number of halogens is 2. The number of aryl methyl sites for hydroxylation is 1. The van der Waals surface area contributed by atoms with Crippen molar-refractivity contribution in [1.29, 1.82) is 0 Å². The summed E-state index contributed by atoms with van der Waals surface area (Å²) in [5.74, 6) is 1.42. The Bertz CT molecular complexity index is 3400. The number of anilines is 2. The Morgan fingerprint density at radius 1 is 0.855 bits per heavy atom. The molecule has 3 N–H and O–H groups in total. The zero-order chi connectivity index (χ0) is 52.0. The van der Waals surface area contributed by atoms with Crippen molar-refractivity contribution in [3.8, 4) is 35.4 Å². The summed E-state index contributed by atoms with van der Waals surface area (Å²) in [7, 11) is 1.74. The summed E-state index contributed by atoms with van der Waals surface area (Å²) in [5, 5.41) is 18.0. The molecule has 0 aliphatic carbocycles. The first-order valence-electron chi connectivity index (χ1n) is 27.3. The van der Waals surface area contributed by atoms with Crippen LogP contribution in [0.15, 0.2) is 53.5 Å². The monoisotopic (exact) mass is 1030 g/mol. The third-order valence-electron chi connectivity index (χ3n) is 18.1. The second kappa shape index (κ2) is 19.4. The number of amides is 2. The van der Waals surface area contributed by atoms with E-state index in [2.05, 4.69) is 58.2 Å². The lowest BCUT2D eigenvalue weighted by Gasteiger charge is -2.41. The van der Waals surface area contributed by atoms with Gasteiger partial charge in [0.05, 0.1) is 27.5 Å². The predicted octanol–water partition coefficient (Wildman–Crippen LogP) is 5.29. The number of piperazine rings is 2. The van der Waals surface area contributed by atoms with Gasteiger partial charge < -0.3 is 29.9 Å². The molecule has 7 saturated heterocycles. The number of terminal acetylenes is 1. The van der Waals surface area contributed by atoms with Crippen molar-refractivity contribution in [2.75, 3.05) is 88.4 Å². The number of aromatic nitrogens is 5. The number of benzene rings is 3. The van der Waals surface area contributed by atoms with Gasteiger partial charge in [-0.2, -0.15) is 9.97 Å². The minimum absolute atomic E-state index is 0.0349. The van der Waals surface area contributed by atoms with Crippen LogP contribution in [0.5, 0.6) is 11.8 Å². The summed E-state index contributed by atoms with van der Waals surface area (Å²) in [4.78, 5) is 64.8. The molecule has 5 atom stereocenters. The van der Waals surface area contributed by atoms with E-state index in [-0.39, 0.29) is 63.0 Å². The quantitative estimate of drug-likeness (QED) is 0.113. The summed E-state index contributed by atoms with van der Waals surface area (Å²) in [6.45, 7) is 11.0. The molecular formula is C57H64F2N12O5. The summed E-state index contributed by atoms with van der Waals surface area (Å²) in [5.41, 5.74) is 2.23. The van der Waals surface area contributed by atoms with Gasteiger partial charge in [0, 0.05) is 120 Å². The first-order valence-corrected chi connectivity index (χ1v) is 27.3. The van der Waals surface area contributed by atoms with Crippen molar-refractivity contribution in [1.82, 2.24) is 49.4 Å². The van der Waals surface area contributed by atoms with E-state index >= 15 is 8.78 Å². The number of carbonyl (C=O) groups is 2. The highest BCUT2D eigenvalue weighted by atomic mass is 19.1. The van der Waals surface area contributed by atoms with Crippen molar-refractivity contribution < 1.29 is 28.2 Å². The molecule has 17 nitrogen and oxygen atoms in total. The van der Waals surface area contributed by atoms with Crippen LogP contribution < -0.4 is 30.9 Å². The third kappa shape index (κ3) is 8.61. The van der Waals surface area contributed by atoms with Gasteiger partial charge in [0.25, 0.3) is 0 Å². The average Bonchev–Trinajstić information content (AvgIpc) is 4.27. The number of ether oxygens (including phenoxy) is 1.